The van der Waals surface area contributed by atoms with Crippen molar-refractivity contribution in [3.8, 4) is 0 Å². The molecule has 0 unspecified atom stereocenters. The Bertz CT molecular complexity index is 358. The Morgan fingerprint density at radius 3 is 2.65 bits per heavy atom. The maximum Gasteiger partial charge on any atom is 0.134 e. The first-order valence-electron chi connectivity index (χ1n) is 5.86. The molecular weight excluding hydrogens is 282 g/mol. The summed E-state index contributed by atoms with van der Waals surface area (Å²) in [6, 6.07) is 1.95. The second-order valence-electron chi connectivity index (χ2n) is 4.13. The average molecular weight is 302 g/mol. The van der Waals surface area contributed by atoms with Crippen LogP contribution < -0.4 is 4.90 Å². The highest BCUT2D eigenvalue weighted by atomic mass is 79.9. The van der Waals surface area contributed by atoms with Crippen LogP contribution in [0.5, 0.6) is 0 Å². The van der Waals surface area contributed by atoms with Gasteiger partial charge in [0.25, 0.3) is 0 Å². The van der Waals surface area contributed by atoms with Crippen molar-refractivity contribution in [2.45, 2.75) is 26.7 Å². The summed E-state index contributed by atoms with van der Waals surface area (Å²) in [6.07, 6.45) is 0. The molecule has 0 aliphatic carbocycles. The van der Waals surface area contributed by atoms with E-state index >= 15 is 0 Å². The predicted octanol–water partition coefficient (Wildman–Crippen LogP) is 2.84. The van der Waals surface area contributed by atoms with E-state index in [9.17, 15) is 0 Å². The second kappa shape index (κ2) is 6.91. The van der Waals surface area contributed by atoms with Gasteiger partial charge in [-0.15, -0.1) is 0 Å². The molecule has 96 valence electrons. The molecule has 0 bridgehead atoms. The molecule has 0 radical (unpaired) electrons. The van der Waals surface area contributed by atoms with Crippen LogP contribution in [0.3, 0.4) is 0 Å². The zero-order chi connectivity index (χ0) is 12.8. The molecule has 0 N–H and O–H groups in total. The van der Waals surface area contributed by atoms with Gasteiger partial charge in [0, 0.05) is 32.2 Å². The highest BCUT2D eigenvalue weighted by Gasteiger charge is 2.11. The molecule has 0 amide bonds. The van der Waals surface area contributed by atoms with Crippen molar-refractivity contribution in [1.82, 2.24) is 9.97 Å². The van der Waals surface area contributed by atoms with Gasteiger partial charge in [0.15, 0.2) is 0 Å². The summed E-state index contributed by atoms with van der Waals surface area (Å²) >= 11 is 3.44. The Balaban J connectivity index is 2.94. The fourth-order valence-corrected chi connectivity index (χ4v) is 1.87. The summed E-state index contributed by atoms with van der Waals surface area (Å²) < 4.78 is 5.94. The van der Waals surface area contributed by atoms with Gasteiger partial charge >= 0.3 is 0 Å². The molecule has 0 fully saturated rings. The molecule has 1 heterocycles. The molecule has 1 aromatic heterocycles. The van der Waals surface area contributed by atoms with Crippen LogP contribution in [0.1, 0.15) is 32.5 Å². The lowest BCUT2D eigenvalue weighted by molar-refractivity contribution is 0.205. The lowest BCUT2D eigenvalue weighted by atomic mass is 10.2. The first-order valence-corrected chi connectivity index (χ1v) is 6.66. The molecule has 1 aromatic rings. The second-order valence-corrected chi connectivity index (χ2v) is 4.95. The molecule has 0 aliphatic heterocycles. The van der Waals surface area contributed by atoms with Crippen molar-refractivity contribution in [2.24, 2.45) is 0 Å². The number of aromatic nitrogens is 2. The molecule has 0 aliphatic rings. The van der Waals surface area contributed by atoms with Crippen molar-refractivity contribution in [2.75, 3.05) is 31.7 Å². The Labute approximate surface area is 112 Å². The maximum absolute atomic E-state index is 5.11. The fourth-order valence-electron chi connectivity index (χ4n) is 1.48. The number of anilines is 1. The average Bonchev–Trinajstić information content (AvgIpc) is 2.29. The van der Waals surface area contributed by atoms with Crippen LogP contribution in [0.4, 0.5) is 5.82 Å². The minimum absolute atomic E-state index is 0.326. The maximum atomic E-state index is 5.11. The Morgan fingerprint density at radius 2 is 2.12 bits per heavy atom. The van der Waals surface area contributed by atoms with Gasteiger partial charge in [0.2, 0.25) is 0 Å². The van der Waals surface area contributed by atoms with Crippen LogP contribution in [0.2, 0.25) is 0 Å². The van der Waals surface area contributed by atoms with Crippen LogP contribution >= 0.6 is 15.9 Å². The third-order valence-corrected chi connectivity index (χ3v) is 2.89. The molecule has 17 heavy (non-hydrogen) atoms. The first-order chi connectivity index (χ1) is 8.08. The molecular formula is C12H20BrN3O. The number of halogens is 1. The largest absolute Gasteiger partial charge is 0.383 e. The molecule has 4 nitrogen and oxygen atoms in total. The van der Waals surface area contributed by atoms with E-state index in [1.54, 1.807) is 7.11 Å². The summed E-state index contributed by atoms with van der Waals surface area (Å²) in [5, 5.41) is 0. The molecule has 5 heteroatoms. The molecule has 0 saturated heterocycles. The number of likely N-dealkylation sites (N-methyl/N-ethyl adjacent to an activating group) is 1. The van der Waals surface area contributed by atoms with Crippen LogP contribution in [-0.2, 0) is 4.74 Å². The number of ether oxygens (including phenoxy) is 1. The lowest BCUT2D eigenvalue weighted by Crippen LogP contribution is -2.28. The summed E-state index contributed by atoms with van der Waals surface area (Å²) in [4.78, 5) is 11.1. The van der Waals surface area contributed by atoms with Gasteiger partial charge in [-0.2, -0.15) is 0 Å². The van der Waals surface area contributed by atoms with Crippen molar-refractivity contribution < 1.29 is 4.74 Å². The van der Waals surface area contributed by atoms with Gasteiger partial charge in [-0.25, -0.2) is 9.97 Å². The van der Waals surface area contributed by atoms with E-state index in [0.717, 1.165) is 29.3 Å². The van der Waals surface area contributed by atoms with Gasteiger partial charge in [-0.3, -0.25) is 0 Å². The van der Waals surface area contributed by atoms with Crippen LogP contribution in [0.25, 0.3) is 0 Å². The zero-order valence-corrected chi connectivity index (χ0v) is 12.5. The fraction of sp³-hybridized carbons (Fsp3) is 0.667. The summed E-state index contributed by atoms with van der Waals surface area (Å²) in [7, 11) is 1.71. The van der Waals surface area contributed by atoms with Gasteiger partial charge < -0.3 is 9.64 Å². The monoisotopic (exact) mass is 301 g/mol. The topological polar surface area (TPSA) is 38.2 Å². The Morgan fingerprint density at radius 1 is 1.41 bits per heavy atom. The van der Waals surface area contributed by atoms with Crippen LogP contribution in [0.15, 0.2) is 10.7 Å². The minimum Gasteiger partial charge on any atom is -0.383 e. The van der Waals surface area contributed by atoms with Crippen molar-refractivity contribution in [3.05, 3.63) is 16.5 Å². The van der Waals surface area contributed by atoms with E-state index in [2.05, 4.69) is 51.6 Å². The van der Waals surface area contributed by atoms with Crippen molar-refractivity contribution in [3.63, 3.8) is 0 Å². The summed E-state index contributed by atoms with van der Waals surface area (Å²) in [5.41, 5.74) is 0. The quantitative estimate of drug-likeness (QED) is 0.757. The minimum atomic E-state index is 0.326. The molecule has 1 rings (SSSR count). The van der Waals surface area contributed by atoms with Crippen LogP contribution in [-0.4, -0.2) is 36.8 Å². The highest BCUT2D eigenvalue weighted by molar-refractivity contribution is 9.10. The van der Waals surface area contributed by atoms with Gasteiger partial charge in [-0.05, 0) is 22.9 Å². The van der Waals surface area contributed by atoms with Gasteiger partial charge in [0.1, 0.15) is 16.2 Å². The van der Waals surface area contributed by atoms with Crippen molar-refractivity contribution >= 4 is 21.7 Å². The SMILES string of the molecule is CCN(CCOC)c1cc(Br)nc(C(C)C)n1. The number of nitrogens with zero attached hydrogens (tertiary/aromatic N) is 3. The van der Waals surface area contributed by atoms with Gasteiger partial charge in [0.05, 0.1) is 6.61 Å². The number of hydrogen-bond donors (Lipinski definition) is 0. The van der Waals surface area contributed by atoms with E-state index in [1.165, 1.54) is 0 Å². The highest BCUT2D eigenvalue weighted by Crippen LogP contribution is 2.20. The van der Waals surface area contributed by atoms with E-state index in [1.807, 2.05) is 6.07 Å². The predicted molar refractivity (Wildman–Crippen MR) is 73.6 cm³/mol. The van der Waals surface area contributed by atoms with E-state index < -0.39 is 0 Å². The molecule has 0 aromatic carbocycles. The van der Waals surface area contributed by atoms with Crippen molar-refractivity contribution in [1.29, 1.82) is 0 Å². The third kappa shape index (κ3) is 4.24. The van der Waals surface area contributed by atoms with E-state index in [-0.39, 0.29) is 0 Å². The van der Waals surface area contributed by atoms with E-state index in [0.29, 0.717) is 12.5 Å². The number of rotatable bonds is 6. The number of hydrogen-bond acceptors (Lipinski definition) is 4. The lowest BCUT2D eigenvalue weighted by Gasteiger charge is -2.22. The van der Waals surface area contributed by atoms with Gasteiger partial charge in [-0.1, -0.05) is 13.8 Å². The smallest absolute Gasteiger partial charge is 0.134 e. The Kier molecular flexibility index (Phi) is 5.85. The molecule has 0 spiro atoms. The molecule has 0 atom stereocenters. The number of methoxy groups -OCH3 is 1. The van der Waals surface area contributed by atoms with E-state index in [4.69, 9.17) is 4.74 Å². The normalized spacial score (nSPS) is 10.9. The summed E-state index contributed by atoms with van der Waals surface area (Å²) in [6.45, 7) is 8.75. The zero-order valence-electron chi connectivity index (χ0n) is 10.9. The summed E-state index contributed by atoms with van der Waals surface area (Å²) in [5.74, 6) is 2.15. The third-order valence-electron chi connectivity index (χ3n) is 2.49. The molecule has 0 saturated carbocycles. The first kappa shape index (κ1) is 14.4. The standard InChI is InChI=1S/C12H20BrN3O/c1-5-16(6-7-17-4)11-8-10(13)14-12(15-11)9(2)3/h8-9H,5-7H2,1-4H3. The van der Waals surface area contributed by atoms with Crippen LogP contribution in [0, 0.1) is 0 Å². The Hall–Kier alpha value is -0.680.